The molecule has 60 heavy (non-hydrogen) atoms. The summed E-state index contributed by atoms with van der Waals surface area (Å²) >= 11 is 0. The minimum absolute atomic E-state index is 0.0240. The van der Waals surface area contributed by atoms with Crippen LogP contribution in [0.5, 0.6) is 0 Å². The third kappa shape index (κ3) is 9.22. The van der Waals surface area contributed by atoms with Gasteiger partial charge in [-0.25, -0.2) is 4.79 Å². The highest BCUT2D eigenvalue weighted by atomic mass is 32.2. The second-order valence-electron chi connectivity index (χ2n) is 12.9. The maximum absolute atomic E-state index is 13.4. The number of nitrogens with one attached hydrogen (secondary N) is 4. The molecule has 6 rings (SSSR count). The van der Waals surface area contributed by atoms with Gasteiger partial charge in [0.25, 0.3) is 40.5 Å². The smallest absolute Gasteiger partial charge is 0.308 e. The Hall–Kier alpha value is -6.45. The molecule has 4 aromatic carbocycles. The molecule has 0 bridgehead atoms. The number of carbonyl (C=O) groups excluding carboxylic acids is 3. The molecule has 2 aliphatic rings. The van der Waals surface area contributed by atoms with E-state index >= 15 is 0 Å². The number of anilines is 4. The van der Waals surface area contributed by atoms with Gasteiger partial charge in [0.15, 0.2) is 11.4 Å². The molecule has 312 valence electrons. The third-order valence-electron chi connectivity index (χ3n) is 8.70. The molecule has 0 saturated heterocycles. The number of amides is 2. The molecule has 25 heteroatoms. The van der Waals surface area contributed by atoms with Gasteiger partial charge in [0.2, 0.25) is 11.6 Å². The van der Waals surface area contributed by atoms with Gasteiger partial charge in [0.05, 0.1) is 21.2 Å². The van der Waals surface area contributed by atoms with E-state index in [0.29, 0.717) is 0 Å². The Morgan fingerprint density at radius 1 is 0.517 bits per heavy atom. The van der Waals surface area contributed by atoms with Crippen LogP contribution in [0.1, 0.15) is 43.0 Å². The first-order valence-electron chi connectivity index (χ1n) is 16.5. The summed E-state index contributed by atoms with van der Waals surface area (Å²) in [5.74, 6) is -1.91. The fraction of sp³-hybridized carbons (Fsp3) is 0.0571. The first-order valence-corrected chi connectivity index (χ1v) is 22.3. The average molecular weight is 901 g/mol. The molecule has 0 fully saturated rings. The number of urea groups is 1. The molecule has 21 nitrogen and oxygen atoms in total. The van der Waals surface area contributed by atoms with E-state index in [1.807, 2.05) is 0 Å². The van der Waals surface area contributed by atoms with Crippen LogP contribution in [0.4, 0.5) is 27.5 Å². The molecule has 2 aliphatic carbocycles. The molecule has 2 amide bonds. The topological polar surface area (TPSA) is 342 Å². The van der Waals surface area contributed by atoms with Gasteiger partial charge in [-0.05, 0) is 121 Å². The zero-order valence-corrected chi connectivity index (χ0v) is 33.7. The van der Waals surface area contributed by atoms with Crippen molar-refractivity contribution in [2.24, 2.45) is 10.2 Å². The highest BCUT2D eigenvalue weighted by molar-refractivity contribution is 7.91. The number of aryl methyl sites for hydroxylation is 2. The molecule has 0 saturated carbocycles. The van der Waals surface area contributed by atoms with Crippen LogP contribution < -0.4 is 21.5 Å². The van der Waals surface area contributed by atoms with Crippen LogP contribution in [0.2, 0.25) is 0 Å². The maximum atomic E-state index is 13.4. The average Bonchev–Trinajstić information content (AvgIpc) is 3.13. The third-order valence-corrected chi connectivity index (χ3v) is 12.1. The van der Waals surface area contributed by atoms with Crippen LogP contribution in [-0.4, -0.2) is 80.9 Å². The van der Waals surface area contributed by atoms with E-state index in [2.05, 4.69) is 31.7 Å². The SMILES string of the molecule is Cc1cc(S(=O)(=O)O)ccc1N/N=C1\C(=O)c2ccc(NC(=O)Nc3ccc4c(c3)C=C(S(=O)(=O)O)/C(=N/Nc3ccc(S(=O)(=O)O)cc3C)C4=O)cc2C=C1S(=O)(=O)O. The number of nitrogens with zero attached hydrogens (tertiary/aromatic N) is 2. The Bertz CT molecular complexity index is 2970. The fourth-order valence-corrected chi connectivity index (χ4v) is 8.25. The number of benzene rings is 4. The lowest BCUT2D eigenvalue weighted by Crippen LogP contribution is -2.27. The summed E-state index contributed by atoms with van der Waals surface area (Å²) in [6, 6.07) is 13.2. The van der Waals surface area contributed by atoms with Crippen molar-refractivity contribution in [3.63, 3.8) is 0 Å². The van der Waals surface area contributed by atoms with Gasteiger partial charge < -0.3 is 10.6 Å². The first kappa shape index (κ1) is 43.1. The lowest BCUT2D eigenvalue weighted by molar-refractivity contribution is 0.105. The number of rotatable bonds is 10. The molecule has 0 atom stereocenters. The van der Waals surface area contributed by atoms with Gasteiger partial charge in [0.1, 0.15) is 9.81 Å². The molecular formula is C35H28N6O15S4. The molecule has 8 N–H and O–H groups in total. The first-order chi connectivity index (χ1) is 27.8. The van der Waals surface area contributed by atoms with E-state index in [1.165, 1.54) is 62.4 Å². The molecule has 0 spiro atoms. The monoisotopic (exact) mass is 900 g/mol. The van der Waals surface area contributed by atoms with Gasteiger partial charge in [-0.1, -0.05) is 0 Å². The molecule has 4 aromatic rings. The van der Waals surface area contributed by atoms with Crippen molar-refractivity contribution in [2.45, 2.75) is 23.6 Å². The molecular weight excluding hydrogens is 873 g/mol. The number of hydrogen-bond donors (Lipinski definition) is 8. The fourth-order valence-electron chi connectivity index (χ4n) is 5.81. The number of allylic oxidation sites excluding steroid dienone is 2. The van der Waals surface area contributed by atoms with E-state index in [9.17, 15) is 66.3 Å². The highest BCUT2D eigenvalue weighted by Crippen LogP contribution is 2.31. The molecule has 0 aromatic heterocycles. The van der Waals surface area contributed by atoms with Gasteiger partial charge in [-0.2, -0.15) is 43.9 Å². The summed E-state index contributed by atoms with van der Waals surface area (Å²) in [6.07, 6.45) is 1.86. The Balaban J connectivity index is 1.21. The van der Waals surface area contributed by atoms with Crippen molar-refractivity contribution >= 4 is 104 Å². The second kappa shape index (κ2) is 15.6. The number of hydrogen-bond acceptors (Lipinski definition) is 15. The van der Waals surface area contributed by atoms with Crippen LogP contribution in [0, 0.1) is 13.8 Å². The maximum Gasteiger partial charge on any atom is 0.323 e. The summed E-state index contributed by atoms with van der Waals surface area (Å²) in [4.78, 5) is 37.2. The van der Waals surface area contributed by atoms with Crippen molar-refractivity contribution in [1.82, 2.24) is 0 Å². The molecule has 0 radical (unpaired) electrons. The van der Waals surface area contributed by atoms with Crippen LogP contribution in [-0.2, 0) is 40.5 Å². The van der Waals surface area contributed by atoms with Crippen molar-refractivity contribution in [1.29, 1.82) is 0 Å². The standard InChI is InChI=1S/C35H28N6O15S4/c1-17-11-23(57(45,46)47)5-9-27(17)38-40-31-29(59(51,52)53)15-19-13-21(3-7-25(19)33(31)42)36-35(44)37-22-4-8-26-20(14-22)16-30(60(54,55)56)32(34(26)43)41-39-28-10-6-24(12-18(28)2)58(48,49)50/h3-16,38-39H,1-2H3,(H2,36,37,44)(H,45,46,47)(H,48,49,50)(H,51,52,53)(H,54,55,56)/b40-31-,41-32-. The van der Waals surface area contributed by atoms with E-state index in [-0.39, 0.29) is 56.1 Å². The Kier molecular flexibility index (Phi) is 11.2. The number of fused-ring (bicyclic) bond motifs is 2. The van der Waals surface area contributed by atoms with Gasteiger partial charge >= 0.3 is 6.03 Å². The lowest BCUT2D eigenvalue weighted by atomic mass is 9.94. The highest BCUT2D eigenvalue weighted by Gasteiger charge is 2.35. The van der Waals surface area contributed by atoms with Gasteiger partial charge in [0, 0.05) is 22.5 Å². The van der Waals surface area contributed by atoms with E-state index in [1.54, 1.807) is 0 Å². The summed E-state index contributed by atoms with van der Waals surface area (Å²) in [5, 5.41) is 12.6. The van der Waals surface area contributed by atoms with E-state index in [4.69, 9.17) is 0 Å². The Morgan fingerprint density at radius 3 is 1.20 bits per heavy atom. The number of Topliss-reactive ketones (excluding diaryl/α,β-unsaturated/α-hetero) is 2. The number of hydrazone groups is 2. The molecule has 0 unspecified atom stereocenters. The van der Waals surface area contributed by atoms with Crippen LogP contribution in [0.15, 0.2) is 103 Å². The summed E-state index contributed by atoms with van der Waals surface area (Å²) < 4.78 is 134. The number of ketones is 2. The van der Waals surface area contributed by atoms with Crippen molar-refractivity contribution in [2.75, 3.05) is 21.5 Å². The van der Waals surface area contributed by atoms with Crippen molar-refractivity contribution < 1.29 is 66.3 Å². The minimum Gasteiger partial charge on any atom is -0.308 e. The molecule has 0 heterocycles. The summed E-state index contributed by atoms with van der Waals surface area (Å²) in [6.45, 7) is 2.89. The van der Waals surface area contributed by atoms with Crippen LogP contribution >= 0.6 is 0 Å². The van der Waals surface area contributed by atoms with Crippen molar-refractivity contribution in [3.8, 4) is 0 Å². The predicted molar refractivity (Wildman–Crippen MR) is 217 cm³/mol. The van der Waals surface area contributed by atoms with E-state index in [0.717, 1.165) is 36.4 Å². The zero-order valence-electron chi connectivity index (χ0n) is 30.4. The van der Waals surface area contributed by atoms with Gasteiger partial charge in [-0.3, -0.25) is 38.7 Å². The number of carbonyl (C=O) groups is 3. The lowest BCUT2D eigenvalue weighted by Gasteiger charge is -2.18. The Morgan fingerprint density at radius 2 is 0.883 bits per heavy atom. The Labute approximate surface area is 340 Å². The minimum atomic E-state index is -5.08. The van der Waals surface area contributed by atoms with Crippen LogP contribution in [0.25, 0.3) is 12.2 Å². The van der Waals surface area contributed by atoms with Crippen molar-refractivity contribution in [3.05, 3.63) is 116 Å². The quantitative estimate of drug-likeness (QED) is 0.0815. The predicted octanol–water partition coefficient (Wildman–Crippen LogP) is 4.23. The summed E-state index contributed by atoms with van der Waals surface area (Å²) in [7, 11) is -19.2. The van der Waals surface area contributed by atoms with E-state index < -0.39 is 89.1 Å². The summed E-state index contributed by atoms with van der Waals surface area (Å²) in [5.41, 5.74) is 3.96. The largest absolute Gasteiger partial charge is 0.323 e. The van der Waals surface area contributed by atoms with Crippen LogP contribution in [0.3, 0.4) is 0 Å². The normalized spacial score (nSPS) is 15.8. The second-order valence-corrected chi connectivity index (χ2v) is 18.5. The molecule has 0 aliphatic heterocycles. The van der Waals surface area contributed by atoms with Gasteiger partial charge in [-0.15, -0.1) is 0 Å². The zero-order chi connectivity index (χ0) is 44.1.